The minimum absolute atomic E-state index is 0. The van der Waals surface area contributed by atoms with E-state index in [1.807, 2.05) is 0 Å². The summed E-state index contributed by atoms with van der Waals surface area (Å²) in [6, 6.07) is 0. The summed E-state index contributed by atoms with van der Waals surface area (Å²) in [4.78, 5) is 9.44. The van der Waals surface area contributed by atoms with Crippen molar-refractivity contribution in [3.63, 3.8) is 0 Å². The van der Waals surface area contributed by atoms with Crippen LogP contribution in [-0.2, 0) is 4.79 Å². The molecule has 0 aliphatic rings. The SMILES string of the molecule is O=C([O-])C(C(F)(F)F)C(F)(F)F.[K+]. The second-order valence-corrected chi connectivity index (χ2v) is 1.84. The molecular weight excluding hydrogens is 233 g/mol. The molecule has 0 aliphatic carbocycles. The van der Waals surface area contributed by atoms with Gasteiger partial charge in [-0.3, -0.25) is 0 Å². The minimum atomic E-state index is -5.86. The number of rotatable bonds is 1. The first-order chi connectivity index (χ1) is 5.07. The molecule has 0 atom stereocenters. The molecular formula is C4HF6KO2. The molecule has 13 heavy (non-hydrogen) atoms. The van der Waals surface area contributed by atoms with Crippen molar-refractivity contribution < 1.29 is 87.6 Å². The molecule has 9 heteroatoms. The zero-order chi connectivity index (χ0) is 10.2. The number of halogens is 6. The number of carboxylic acid groups (broad SMARTS) is 1. The van der Waals surface area contributed by atoms with E-state index in [0.29, 0.717) is 0 Å². The molecule has 0 bridgehead atoms. The van der Waals surface area contributed by atoms with E-state index in [9.17, 15) is 36.2 Å². The van der Waals surface area contributed by atoms with Gasteiger partial charge in [0.1, 0.15) is 0 Å². The Kier molecular flexibility index (Phi) is 6.16. The van der Waals surface area contributed by atoms with Gasteiger partial charge in [0.25, 0.3) is 0 Å². The van der Waals surface area contributed by atoms with Gasteiger partial charge in [-0.05, 0) is 0 Å². The minimum Gasteiger partial charge on any atom is -0.549 e. The van der Waals surface area contributed by atoms with Crippen LogP contribution < -0.4 is 56.5 Å². The van der Waals surface area contributed by atoms with Gasteiger partial charge in [-0.2, -0.15) is 26.3 Å². The molecule has 0 amide bonds. The molecule has 0 aromatic heterocycles. The van der Waals surface area contributed by atoms with Crippen LogP contribution in [0.2, 0.25) is 0 Å². The summed E-state index contributed by atoms with van der Waals surface area (Å²) in [6.45, 7) is 0. The van der Waals surface area contributed by atoms with Gasteiger partial charge >= 0.3 is 63.7 Å². The number of hydrogen-bond acceptors (Lipinski definition) is 2. The third-order valence-corrected chi connectivity index (χ3v) is 0.890. The summed E-state index contributed by atoms with van der Waals surface area (Å²) in [7, 11) is 0. The first-order valence-corrected chi connectivity index (χ1v) is 2.41. The zero-order valence-electron chi connectivity index (χ0n) is 6.16. The molecule has 0 saturated heterocycles. The predicted molar refractivity (Wildman–Crippen MR) is 20.6 cm³/mol. The van der Waals surface area contributed by atoms with E-state index >= 15 is 0 Å². The molecule has 0 aromatic carbocycles. The van der Waals surface area contributed by atoms with E-state index in [1.165, 1.54) is 0 Å². The fraction of sp³-hybridized carbons (Fsp3) is 0.750. The van der Waals surface area contributed by atoms with E-state index < -0.39 is 24.2 Å². The maximum atomic E-state index is 11.3. The topological polar surface area (TPSA) is 40.1 Å². The Labute approximate surface area is 111 Å². The second-order valence-electron chi connectivity index (χ2n) is 1.84. The Balaban J connectivity index is 0. The zero-order valence-corrected chi connectivity index (χ0v) is 9.28. The molecule has 0 unspecified atom stereocenters. The number of hydrogen-bond donors (Lipinski definition) is 0. The summed E-state index contributed by atoms with van der Waals surface area (Å²) in [5.41, 5.74) is 0. The van der Waals surface area contributed by atoms with Crippen molar-refractivity contribution >= 4 is 5.97 Å². The number of alkyl halides is 6. The summed E-state index contributed by atoms with van der Waals surface area (Å²) < 4.78 is 68.0. The predicted octanol–water partition coefficient (Wildman–Crippen LogP) is -2.52. The number of carbonyl (C=O) groups is 1. The Morgan fingerprint density at radius 3 is 1.23 bits per heavy atom. The summed E-state index contributed by atoms with van der Waals surface area (Å²) in [6.07, 6.45) is -11.7. The Morgan fingerprint density at radius 2 is 1.23 bits per heavy atom. The van der Waals surface area contributed by atoms with Crippen molar-refractivity contribution in [3.8, 4) is 0 Å². The van der Waals surface area contributed by atoms with Crippen LogP contribution >= 0.6 is 0 Å². The largest absolute Gasteiger partial charge is 1.00 e. The van der Waals surface area contributed by atoms with Crippen LogP contribution in [0.3, 0.4) is 0 Å². The third-order valence-electron chi connectivity index (χ3n) is 0.890. The summed E-state index contributed by atoms with van der Waals surface area (Å²) in [5, 5.41) is 9.44. The van der Waals surface area contributed by atoms with Crippen LogP contribution in [0, 0.1) is 5.92 Å². The van der Waals surface area contributed by atoms with Gasteiger partial charge in [-0.1, -0.05) is 0 Å². The van der Waals surface area contributed by atoms with Crippen LogP contribution in [0.5, 0.6) is 0 Å². The summed E-state index contributed by atoms with van der Waals surface area (Å²) >= 11 is 0. The molecule has 2 nitrogen and oxygen atoms in total. The summed E-state index contributed by atoms with van der Waals surface area (Å²) in [5.74, 6) is -7.61. The molecule has 0 fully saturated rings. The van der Waals surface area contributed by atoms with Crippen LogP contribution in [0.1, 0.15) is 0 Å². The average molecular weight is 234 g/mol. The quantitative estimate of drug-likeness (QED) is 0.371. The van der Waals surface area contributed by atoms with Crippen molar-refractivity contribution in [2.45, 2.75) is 12.4 Å². The van der Waals surface area contributed by atoms with Crippen molar-refractivity contribution in [1.29, 1.82) is 0 Å². The van der Waals surface area contributed by atoms with Gasteiger partial charge in [-0.15, -0.1) is 0 Å². The normalized spacial score (nSPS) is 12.5. The van der Waals surface area contributed by atoms with Crippen LogP contribution in [0.15, 0.2) is 0 Å². The van der Waals surface area contributed by atoms with Gasteiger partial charge in [0.2, 0.25) is 0 Å². The Hall–Kier alpha value is 0.686. The molecule has 0 saturated carbocycles. The molecule has 0 radical (unpaired) electrons. The van der Waals surface area contributed by atoms with Crippen molar-refractivity contribution in [2.75, 3.05) is 0 Å². The van der Waals surface area contributed by atoms with E-state index in [1.54, 1.807) is 0 Å². The molecule has 0 aliphatic heterocycles. The fourth-order valence-corrected chi connectivity index (χ4v) is 0.453. The number of aliphatic carboxylic acids is 1. The standard InChI is InChI=1S/C4H2F6O2.K/c5-3(6,7)1(2(11)12)4(8,9)10;/h1H,(H,11,12);/q;+1/p-1. The van der Waals surface area contributed by atoms with Crippen molar-refractivity contribution in [3.05, 3.63) is 0 Å². The van der Waals surface area contributed by atoms with Crippen molar-refractivity contribution in [2.24, 2.45) is 5.92 Å². The Morgan fingerprint density at radius 1 is 1.00 bits per heavy atom. The Bertz CT molecular complexity index is 170. The van der Waals surface area contributed by atoms with E-state index in [-0.39, 0.29) is 51.4 Å². The van der Waals surface area contributed by atoms with Crippen LogP contribution in [0.4, 0.5) is 26.3 Å². The van der Waals surface area contributed by atoms with Gasteiger partial charge < -0.3 is 9.90 Å². The van der Waals surface area contributed by atoms with E-state index in [0.717, 1.165) is 0 Å². The average Bonchev–Trinajstić information content (AvgIpc) is 1.49. The molecule has 0 aromatic rings. The molecule has 0 spiro atoms. The van der Waals surface area contributed by atoms with Crippen LogP contribution in [-0.4, -0.2) is 18.3 Å². The first-order valence-electron chi connectivity index (χ1n) is 2.41. The fourth-order valence-electron chi connectivity index (χ4n) is 0.453. The molecule has 0 rings (SSSR count). The van der Waals surface area contributed by atoms with Gasteiger partial charge in [0, 0.05) is 0 Å². The van der Waals surface area contributed by atoms with E-state index in [2.05, 4.69) is 0 Å². The number of carboxylic acids is 1. The van der Waals surface area contributed by atoms with Crippen LogP contribution in [0.25, 0.3) is 0 Å². The smallest absolute Gasteiger partial charge is 0.549 e. The maximum absolute atomic E-state index is 11.3. The second kappa shape index (κ2) is 4.96. The first kappa shape index (κ1) is 16.1. The van der Waals surface area contributed by atoms with Gasteiger partial charge in [0.05, 0.1) is 5.97 Å². The maximum Gasteiger partial charge on any atom is 1.00 e. The van der Waals surface area contributed by atoms with E-state index in [4.69, 9.17) is 0 Å². The third kappa shape index (κ3) is 5.20. The van der Waals surface area contributed by atoms with Crippen molar-refractivity contribution in [1.82, 2.24) is 0 Å². The van der Waals surface area contributed by atoms with Gasteiger partial charge in [0.15, 0.2) is 5.92 Å². The number of carbonyl (C=O) groups excluding carboxylic acids is 1. The molecule has 0 N–H and O–H groups in total. The van der Waals surface area contributed by atoms with Gasteiger partial charge in [-0.25, -0.2) is 0 Å². The molecule has 72 valence electrons. The molecule has 0 heterocycles. The monoisotopic (exact) mass is 234 g/mol.